The monoisotopic (exact) mass is 397 g/mol. The van der Waals surface area contributed by atoms with E-state index in [4.69, 9.17) is 4.74 Å². The van der Waals surface area contributed by atoms with Gasteiger partial charge in [0.2, 0.25) is 5.82 Å². The molecule has 1 amide bonds. The third-order valence-corrected chi connectivity index (χ3v) is 4.08. The highest BCUT2D eigenvalue weighted by Crippen LogP contribution is 2.34. The lowest BCUT2D eigenvalue weighted by molar-refractivity contribution is -0.385. The molecule has 10 heteroatoms. The van der Waals surface area contributed by atoms with Crippen molar-refractivity contribution in [3.05, 3.63) is 81.4 Å². The predicted molar refractivity (Wildman–Crippen MR) is 102 cm³/mol. The molecule has 0 aliphatic carbocycles. The van der Waals surface area contributed by atoms with Gasteiger partial charge in [-0.3, -0.25) is 25.8 Å². The van der Waals surface area contributed by atoms with Crippen LogP contribution in [-0.2, 0) is 0 Å². The Morgan fingerprint density at radius 1 is 1.14 bits per heavy atom. The van der Waals surface area contributed by atoms with Crippen molar-refractivity contribution in [2.24, 2.45) is 0 Å². The number of anilines is 1. The Morgan fingerprint density at radius 3 is 2.59 bits per heavy atom. The van der Waals surface area contributed by atoms with E-state index < -0.39 is 22.3 Å². The maximum atomic E-state index is 13.7. The van der Waals surface area contributed by atoms with Crippen LogP contribution in [0.5, 0.6) is 11.6 Å². The third kappa shape index (κ3) is 4.43. The van der Waals surface area contributed by atoms with Crippen molar-refractivity contribution in [2.75, 3.05) is 5.43 Å². The number of halogens is 1. The number of nitrogens with zero attached hydrogens (tertiary/aromatic N) is 3. The minimum Gasteiger partial charge on any atom is -0.434 e. The number of benzene rings is 2. The van der Waals surface area contributed by atoms with Gasteiger partial charge in [0.25, 0.3) is 5.91 Å². The van der Waals surface area contributed by atoms with Crippen LogP contribution >= 0.6 is 0 Å². The van der Waals surface area contributed by atoms with Crippen LogP contribution in [0.2, 0.25) is 0 Å². The molecule has 1 heterocycles. The Labute approximate surface area is 164 Å². The summed E-state index contributed by atoms with van der Waals surface area (Å²) in [4.78, 5) is 30.5. The van der Waals surface area contributed by atoms with E-state index in [1.54, 1.807) is 12.1 Å². The topological polar surface area (TPSA) is 119 Å². The number of hydrazine groups is 1. The smallest absolute Gasteiger partial charge is 0.374 e. The number of hydrogen-bond donors (Lipinski definition) is 2. The van der Waals surface area contributed by atoms with Gasteiger partial charge in [0.05, 0.1) is 10.5 Å². The fraction of sp³-hybridized carbons (Fsp3) is 0.105. The normalized spacial score (nSPS) is 10.3. The lowest BCUT2D eigenvalue weighted by Crippen LogP contribution is -2.31. The van der Waals surface area contributed by atoms with Gasteiger partial charge in [0, 0.05) is 0 Å². The fourth-order valence-electron chi connectivity index (χ4n) is 2.41. The SMILES string of the molecule is Cc1ccc(Oc2ncnc(NNC(=O)c3ccccc3F)c2[N+](=O)[O-])cc1C. The number of carbonyl (C=O) groups is 1. The molecule has 0 atom stereocenters. The van der Waals surface area contributed by atoms with Crippen LogP contribution in [0.3, 0.4) is 0 Å². The highest BCUT2D eigenvalue weighted by molar-refractivity contribution is 5.95. The number of rotatable bonds is 6. The number of ether oxygens (including phenoxy) is 1. The molecule has 9 nitrogen and oxygen atoms in total. The molecule has 0 radical (unpaired) electrons. The van der Waals surface area contributed by atoms with Gasteiger partial charge in [0.15, 0.2) is 0 Å². The van der Waals surface area contributed by atoms with E-state index in [2.05, 4.69) is 20.8 Å². The van der Waals surface area contributed by atoms with E-state index in [0.29, 0.717) is 5.75 Å². The van der Waals surface area contributed by atoms with Crippen molar-refractivity contribution in [3.8, 4) is 11.6 Å². The number of amides is 1. The summed E-state index contributed by atoms with van der Waals surface area (Å²) >= 11 is 0. The third-order valence-electron chi connectivity index (χ3n) is 4.08. The van der Waals surface area contributed by atoms with Crippen molar-refractivity contribution in [1.29, 1.82) is 0 Å². The molecule has 148 valence electrons. The molecule has 3 aromatic rings. The van der Waals surface area contributed by atoms with E-state index in [9.17, 15) is 19.3 Å². The average Bonchev–Trinajstić information content (AvgIpc) is 2.69. The molecule has 1 aromatic heterocycles. The van der Waals surface area contributed by atoms with E-state index in [0.717, 1.165) is 23.5 Å². The second-order valence-electron chi connectivity index (χ2n) is 6.04. The Hall–Kier alpha value is -4.08. The lowest BCUT2D eigenvalue weighted by atomic mass is 10.1. The lowest BCUT2D eigenvalue weighted by Gasteiger charge is -2.11. The van der Waals surface area contributed by atoms with Gasteiger partial charge in [0.1, 0.15) is 17.9 Å². The zero-order valence-electron chi connectivity index (χ0n) is 15.5. The van der Waals surface area contributed by atoms with Crippen molar-refractivity contribution in [1.82, 2.24) is 15.4 Å². The van der Waals surface area contributed by atoms with Gasteiger partial charge >= 0.3 is 11.6 Å². The standard InChI is InChI=1S/C19H16FN5O4/c1-11-7-8-13(9-12(11)2)29-19-16(25(27)28)17(21-10-22-19)23-24-18(26)14-5-3-4-6-15(14)20/h3-10H,1-2H3,(H,24,26)(H,21,22,23). The Kier molecular flexibility index (Phi) is 5.63. The van der Waals surface area contributed by atoms with Crippen LogP contribution in [-0.4, -0.2) is 20.8 Å². The van der Waals surface area contributed by atoms with Crippen LogP contribution in [0, 0.1) is 29.8 Å². The molecule has 0 fully saturated rings. The largest absolute Gasteiger partial charge is 0.434 e. The molecule has 0 saturated carbocycles. The highest BCUT2D eigenvalue weighted by atomic mass is 19.1. The first-order valence-corrected chi connectivity index (χ1v) is 8.42. The van der Waals surface area contributed by atoms with Crippen molar-refractivity contribution < 1.29 is 18.8 Å². The first-order chi connectivity index (χ1) is 13.9. The molecule has 0 unspecified atom stereocenters. The Bertz CT molecular complexity index is 1090. The average molecular weight is 397 g/mol. The van der Waals surface area contributed by atoms with Gasteiger partial charge in [-0.1, -0.05) is 18.2 Å². The molecule has 29 heavy (non-hydrogen) atoms. The van der Waals surface area contributed by atoms with Crippen LogP contribution < -0.4 is 15.6 Å². The molecule has 0 aliphatic heterocycles. The molecule has 0 bridgehead atoms. The molecule has 2 aromatic carbocycles. The summed E-state index contributed by atoms with van der Waals surface area (Å²) in [5, 5.41) is 11.6. The van der Waals surface area contributed by atoms with Gasteiger partial charge in [-0.05, 0) is 49.2 Å². The van der Waals surface area contributed by atoms with E-state index in [-0.39, 0.29) is 17.3 Å². The first-order valence-electron chi connectivity index (χ1n) is 8.42. The zero-order chi connectivity index (χ0) is 21.0. The Balaban J connectivity index is 1.85. The fourth-order valence-corrected chi connectivity index (χ4v) is 2.41. The van der Waals surface area contributed by atoms with Gasteiger partial charge in [-0.2, -0.15) is 4.98 Å². The summed E-state index contributed by atoms with van der Waals surface area (Å²) in [7, 11) is 0. The van der Waals surface area contributed by atoms with Crippen LogP contribution in [0.15, 0.2) is 48.8 Å². The molecule has 3 rings (SSSR count). The van der Waals surface area contributed by atoms with E-state index in [1.165, 1.54) is 18.2 Å². The minimum atomic E-state index is -0.826. The maximum Gasteiger partial charge on any atom is 0.374 e. The maximum absolute atomic E-state index is 13.7. The van der Waals surface area contributed by atoms with Gasteiger partial charge in [-0.15, -0.1) is 0 Å². The van der Waals surface area contributed by atoms with Crippen molar-refractivity contribution >= 4 is 17.4 Å². The second-order valence-corrected chi connectivity index (χ2v) is 6.04. The Morgan fingerprint density at radius 2 is 1.90 bits per heavy atom. The van der Waals surface area contributed by atoms with E-state index in [1.807, 2.05) is 19.9 Å². The highest BCUT2D eigenvalue weighted by Gasteiger charge is 2.26. The zero-order valence-corrected chi connectivity index (χ0v) is 15.5. The molecule has 0 aliphatic rings. The summed E-state index contributed by atoms with van der Waals surface area (Å²) in [6.45, 7) is 3.80. The van der Waals surface area contributed by atoms with Crippen molar-refractivity contribution in [2.45, 2.75) is 13.8 Å². The number of hydrogen-bond acceptors (Lipinski definition) is 7. The summed E-state index contributed by atoms with van der Waals surface area (Å²) in [5.74, 6) is -1.82. The number of aromatic nitrogens is 2. The molecular weight excluding hydrogens is 381 g/mol. The quantitative estimate of drug-likeness (QED) is 0.481. The number of carbonyl (C=O) groups excluding carboxylic acids is 1. The molecule has 0 spiro atoms. The molecule has 2 N–H and O–H groups in total. The van der Waals surface area contributed by atoms with E-state index >= 15 is 0 Å². The number of nitro groups is 1. The molecular formula is C19H16FN5O4. The van der Waals surface area contributed by atoms with Crippen LogP contribution in [0.1, 0.15) is 21.5 Å². The van der Waals surface area contributed by atoms with Gasteiger partial charge in [-0.25, -0.2) is 9.37 Å². The predicted octanol–water partition coefficient (Wildman–Crippen LogP) is 3.69. The van der Waals surface area contributed by atoms with Crippen LogP contribution in [0.25, 0.3) is 0 Å². The summed E-state index contributed by atoms with van der Waals surface area (Å²) in [6, 6.07) is 10.5. The van der Waals surface area contributed by atoms with Crippen LogP contribution in [0.4, 0.5) is 15.9 Å². The minimum absolute atomic E-state index is 0.233. The second kappa shape index (κ2) is 8.30. The summed E-state index contributed by atoms with van der Waals surface area (Å²) in [6.07, 6.45) is 1.04. The van der Waals surface area contributed by atoms with Crippen molar-refractivity contribution in [3.63, 3.8) is 0 Å². The summed E-state index contributed by atoms with van der Waals surface area (Å²) < 4.78 is 19.3. The number of nitrogens with one attached hydrogen (secondary N) is 2. The first kappa shape index (κ1) is 19.7. The molecule has 0 saturated heterocycles. The summed E-state index contributed by atoms with van der Waals surface area (Å²) in [5.41, 5.74) is 5.67. The van der Waals surface area contributed by atoms with Gasteiger partial charge < -0.3 is 4.74 Å². The number of aryl methyl sites for hydroxylation is 2.